The first-order valence-corrected chi connectivity index (χ1v) is 7.93. The molecule has 1 aliphatic rings. The third-order valence-electron chi connectivity index (χ3n) is 3.87. The smallest absolute Gasteiger partial charge is 0.259 e. The first kappa shape index (κ1) is 15.6. The van der Waals surface area contributed by atoms with Crippen molar-refractivity contribution in [3.05, 3.63) is 65.2 Å². The summed E-state index contributed by atoms with van der Waals surface area (Å²) in [6, 6.07) is 16.2. The Kier molecular flexibility index (Phi) is 4.63. The van der Waals surface area contributed by atoms with E-state index in [9.17, 15) is 9.59 Å². The Hall–Kier alpha value is -2.33. The second-order valence-corrected chi connectivity index (χ2v) is 5.92. The number of rotatable bonds is 4. The highest BCUT2D eigenvalue weighted by atomic mass is 35.5. The molecule has 1 heterocycles. The minimum absolute atomic E-state index is 0.0814. The zero-order valence-corrected chi connectivity index (χ0v) is 13.4. The van der Waals surface area contributed by atoms with E-state index < -0.39 is 0 Å². The molecule has 4 nitrogen and oxygen atoms in total. The summed E-state index contributed by atoms with van der Waals surface area (Å²) in [6.45, 7) is 0.921. The second kappa shape index (κ2) is 6.84. The van der Waals surface area contributed by atoms with E-state index in [0.29, 0.717) is 29.2 Å². The summed E-state index contributed by atoms with van der Waals surface area (Å²) in [6.07, 6.45) is 1.38. The van der Waals surface area contributed by atoms with Crippen LogP contribution in [0.1, 0.15) is 23.2 Å². The molecule has 2 aromatic carbocycles. The van der Waals surface area contributed by atoms with Crippen molar-refractivity contribution < 1.29 is 9.59 Å². The van der Waals surface area contributed by atoms with Crippen LogP contribution in [0, 0.1) is 0 Å². The fourth-order valence-electron chi connectivity index (χ4n) is 2.67. The van der Waals surface area contributed by atoms with Gasteiger partial charge in [0.25, 0.3) is 5.91 Å². The van der Waals surface area contributed by atoms with Gasteiger partial charge in [0.2, 0.25) is 5.91 Å². The minimum Gasteiger partial charge on any atom is -0.324 e. The molecule has 0 spiro atoms. The van der Waals surface area contributed by atoms with Gasteiger partial charge in [-0.25, -0.2) is 0 Å². The summed E-state index contributed by atoms with van der Waals surface area (Å²) in [5.74, 6) is -0.0644. The first-order chi connectivity index (χ1) is 11.1. The van der Waals surface area contributed by atoms with E-state index >= 15 is 0 Å². The average molecular weight is 329 g/mol. The lowest BCUT2D eigenvalue weighted by Crippen LogP contribution is -2.42. The number of amides is 2. The summed E-state index contributed by atoms with van der Waals surface area (Å²) in [7, 11) is 0. The molecule has 3 rings (SSSR count). The van der Waals surface area contributed by atoms with Gasteiger partial charge in [-0.3, -0.25) is 14.5 Å². The van der Waals surface area contributed by atoms with E-state index in [2.05, 4.69) is 0 Å². The second-order valence-electron chi connectivity index (χ2n) is 5.48. The summed E-state index contributed by atoms with van der Waals surface area (Å²) < 4.78 is 0. The highest BCUT2D eigenvalue weighted by Gasteiger charge is 2.26. The highest BCUT2D eigenvalue weighted by Crippen LogP contribution is 2.23. The molecule has 0 radical (unpaired) electrons. The third kappa shape index (κ3) is 3.54. The van der Waals surface area contributed by atoms with Gasteiger partial charge in [-0.2, -0.15) is 0 Å². The van der Waals surface area contributed by atoms with Crippen LogP contribution in [-0.4, -0.2) is 29.9 Å². The number of nitrogens with zero attached hydrogens (tertiary/aromatic N) is 2. The summed E-state index contributed by atoms with van der Waals surface area (Å²) >= 11 is 6.07. The van der Waals surface area contributed by atoms with Gasteiger partial charge in [0, 0.05) is 29.2 Å². The number of hydrogen-bond acceptors (Lipinski definition) is 2. The number of halogens is 1. The number of likely N-dealkylation sites (tertiary alicyclic amines) is 1. The molecule has 1 aliphatic heterocycles. The molecule has 118 valence electrons. The van der Waals surface area contributed by atoms with Crippen molar-refractivity contribution in [2.24, 2.45) is 0 Å². The Bertz CT molecular complexity index is 718. The van der Waals surface area contributed by atoms with E-state index in [1.807, 2.05) is 24.3 Å². The van der Waals surface area contributed by atoms with Crippen molar-refractivity contribution in [3.8, 4) is 0 Å². The zero-order chi connectivity index (χ0) is 16.2. The van der Waals surface area contributed by atoms with Crippen LogP contribution in [0.4, 0.5) is 5.69 Å². The van der Waals surface area contributed by atoms with E-state index in [0.717, 1.165) is 6.42 Å². The lowest BCUT2D eigenvalue weighted by molar-refractivity contribution is -0.127. The molecule has 0 aromatic heterocycles. The number of hydrogen-bond donors (Lipinski definition) is 0. The van der Waals surface area contributed by atoms with Crippen LogP contribution < -0.4 is 4.90 Å². The monoisotopic (exact) mass is 328 g/mol. The molecular weight excluding hydrogens is 312 g/mol. The van der Waals surface area contributed by atoms with Gasteiger partial charge in [0.1, 0.15) is 6.67 Å². The summed E-state index contributed by atoms with van der Waals surface area (Å²) in [5, 5.41) is 0.557. The third-order valence-corrected chi connectivity index (χ3v) is 4.10. The zero-order valence-electron chi connectivity index (χ0n) is 12.6. The Morgan fingerprint density at radius 2 is 1.91 bits per heavy atom. The standard InChI is InChI=1S/C18H17ClN2O2/c19-15-8-4-9-16(12-15)21(13-20-11-5-10-17(20)22)18(23)14-6-2-1-3-7-14/h1-4,6-9,12H,5,10-11,13H2. The van der Waals surface area contributed by atoms with E-state index in [1.165, 1.54) is 0 Å². The van der Waals surface area contributed by atoms with Crippen LogP contribution in [0.25, 0.3) is 0 Å². The van der Waals surface area contributed by atoms with Gasteiger partial charge in [-0.15, -0.1) is 0 Å². The Labute approximate surface area is 140 Å². The molecule has 2 aromatic rings. The predicted octanol–water partition coefficient (Wildman–Crippen LogP) is 3.57. The maximum atomic E-state index is 12.9. The van der Waals surface area contributed by atoms with E-state index in [4.69, 9.17) is 11.6 Å². The molecule has 0 aliphatic carbocycles. The topological polar surface area (TPSA) is 40.6 Å². The van der Waals surface area contributed by atoms with Crippen LogP contribution in [0.3, 0.4) is 0 Å². The quantitative estimate of drug-likeness (QED) is 0.861. The number of carbonyl (C=O) groups is 2. The molecule has 5 heteroatoms. The highest BCUT2D eigenvalue weighted by molar-refractivity contribution is 6.31. The van der Waals surface area contributed by atoms with Crippen molar-refractivity contribution >= 4 is 29.1 Å². The van der Waals surface area contributed by atoms with Crippen LogP contribution in [0.5, 0.6) is 0 Å². The molecular formula is C18H17ClN2O2. The summed E-state index contributed by atoms with van der Waals surface area (Å²) in [5.41, 5.74) is 1.27. The van der Waals surface area contributed by atoms with Crippen LogP contribution >= 0.6 is 11.6 Å². The van der Waals surface area contributed by atoms with Gasteiger partial charge in [-0.1, -0.05) is 35.9 Å². The van der Waals surface area contributed by atoms with Crippen molar-refractivity contribution in [2.75, 3.05) is 18.1 Å². The Morgan fingerprint density at radius 1 is 1.13 bits per heavy atom. The molecule has 1 saturated heterocycles. The molecule has 2 amide bonds. The SMILES string of the molecule is O=C1CCCN1CN(C(=O)c1ccccc1)c1cccc(Cl)c1. The fraction of sp³-hybridized carbons (Fsp3) is 0.222. The molecule has 1 fully saturated rings. The minimum atomic E-state index is -0.146. The Morgan fingerprint density at radius 3 is 2.57 bits per heavy atom. The lowest BCUT2D eigenvalue weighted by Gasteiger charge is -2.28. The van der Waals surface area contributed by atoms with Gasteiger partial charge in [0.05, 0.1) is 0 Å². The number of anilines is 1. The fourth-order valence-corrected chi connectivity index (χ4v) is 2.85. The first-order valence-electron chi connectivity index (χ1n) is 7.55. The van der Waals surface area contributed by atoms with Gasteiger partial charge in [0.15, 0.2) is 0 Å². The predicted molar refractivity (Wildman–Crippen MR) is 90.5 cm³/mol. The molecule has 0 saturated carbocycles. The largest absolute Gasteiger partial charge is 0.324 e. The van der Waals surface area contributed by atoms with Crippen molar-refractivity contribution in [1.29, 1.82) is 0 Å². The van der Waals surface area contributed by atoms with E-state index in [1.54, 1.807) is 40.1 Å². The van der Waals surface area contributed by atoms with Crippen LogP contribution in [-0.2, 0) is 4.79 Å². The van der Waals surface area contributed by atoms with Crippen molar-refractivity contribution in [3.63, 3.8) is 0 Å². The lowest BCUT2D eigenvalue weighted by atomic mass is 10.2. The number of carbonyl (C=O) groups excluding carboxylic acids is 2. The normalized spacial score (nSPS) is 14.1. The molecule has 23 heavy (non-hydrogen) atoms. The molecule has 0 bridgehead atoms. The molecule has 0 atom stereocenters. The van der Waals surface area contributed by atoms with Crippen LogP contribution in [0.2, 0.25) is 5.02 Å². The Balaban J connectivity index is 1.92. The average Bonchev–Trinajstić information content (AvgIpc) is 2.98. The van der Waals surface area contributed by atoms with E-state index in [-0.39, 0.29) is 18.5 Å². The summed E-state index contributed by atoms with van der Waals surface area (Å²) in [4.78, 5) is 28.1. The van der Waals surface area contributed by atoms with Crippen LogP contribution in [0.15, 0.2) is 54.6 Å². The van der Waals surface area contributed by atoms with Gasteiger partial charge in [-0.05, 0) is 36.8 Å². The molecule has 0 unspecified atom stereocenters. The van der Waals surface area contributed by atoms with Gasteiger partial charge >= 0.3 is 0 Å². The maximum Gasteiger partial charge on any atom is 0.259 e. The van der Waals surface area contributed by atoms with Gasteiger partial charge < -0.3 is 4.90 Å². The van der Waals surface area contributed by atoms with Crippen molar-refractivity contribution in [2.45, 2.75) is 12.8 Å². The van der Waals surface area contributed by atoms with Crippen molar-refractivity contribution in [1.82, 2.24) is 4.90 Å². The maximum absolute atomic E-state index is 12.9. The molecule has 0 N–H and O–H groups in total. The number of benzene rings is 2.